The van der Waals surface area contributed by atoms with Crippen molar-refractivity contribution in [2.45, 2.75) is 25.0 Å². The van der Waals surface area contributed by atoms with Crippen LogP contribution in [0.15, 0.2) is 30.3 Å². The van der Waals surface area contributed by atoms with Crippen LogP contribution < -0.4 is 0 Å². The van der Waals surface area contributed by atoms with Crippen LogP contribution in [0.25, 0.3) is 0 Å². The van der Waals surface area contributed by atoms with Crippen LogP contribution in [-0.2, 0) is 25.7 Å². The van der Waals surface area contributed by atoms with Gasteiger partial charge in [-0.3, -0.25) is 9.59 Å². The molecular formula is C13H14O7. The van der Waals surface area contributed by atoms with Crippen LogP contribution in [0.4, 0.5) is 0 Å². The smallest absolute Gasteiger partial charge is 0.336 e. The molecule has 0 spiro atoms. The highest BCUT2D eigenvalue weighted by Gasteiger charge is 2.41. The highest BCUT2D eigenvalue weighted by molar-refractivity contribution is 5.88. The van der Waals surface area contributed by atoms with Crippen molar-refractivity contribution < 1.29 is 34.4 Å². The van der Waals surface area contributed by atoms with Crippen molar-refractivity contribution in [3.05, 3.63) is 35.9 Å². The van der Waals surface area contributed by atoms with Crippen LogP contribution in [0.5, 0.6) is 0 Å². The normalized spacial score (nSPS) is 13.2. The number of rotatable bonds is 7. The monoisotopic (exact) mass is 282 g/mol. The Balaban J connectivity index is 2.59. The van der Waals surface area contributed by atoms with Gasteiger partial charge in [-0.2, -0.15) is 0 Å². The fraction of sp³-hybridized carbons (Fsp3) is 0.308. The second-order valence-corrected chi connectivity index (χ2v) is 4.23. The summed E-state index contributed by atoms with van der Waals surface area (Å²) >= 11 is 0. The van der Waals surface area contributed by atoms with Gasteiger partial charge in [-0.25, -0.2) is 4.79 Å². The Morgan fingerprint density at radius 1 is 1.05 bits per heavy atom. The standard InChI is InChI=1S/C13H14O7/c14-10(15)6-13(19,12(17)18)7-11(16)20-8-9-4-2-1-3-5-9/h1-5,19H,6-8H2,(H,14,15)(H,17,18). The Morgan fingerprint density at radius 2 is 1.65 bits per heavy atom. The van der Waals surface area contributed by atoms with Crippen LogP contribution in [0.1, 0.15) is 18.4 Å². The van der Waals surface area contributed by atoms with E-state index in [1.807, 2.05) is 0 Å². The molecule has 1 aromatic rings. The van der Waals surface area contributed by atoms with E-state index in [9.17, 15) is 19.5 Å². The van der Waals surface area contributed by atoms with Crippen molar-refractivity contribution in [3.63, 3.8) is 0 Å². The Labute approximate surface area is 114 Å². The number of carbonyl (C=O) groups excluding carboxylic acids is 1. The van der Waals surface area contributed by atoms with E-state index in [1.165, 1.54) is 0 Å². The number of hydrogen-bond acceptors (Lipinski definition) is 5. The molecule has 0 bridgehead atoms. The Bertz CT molecular complexity index is 497. The molecule has 0 saturated heterocycles. The molecule has 20 heavy (non-hydrogen) atoms. The molecule has 0 saturated carbocycles. The highest BCUT2D eigenvalue weighted by Crippen LogP contribution is 2.17. The van der Waals surface area contributed by atoms with Crippen molar-refractivity contribution in [3.8, 4) is 0 Å². The summed E-state index contributed by atoms with van der Waals surface area (Å²) in [6.07, 6.45) is -2.01. The molecule has 0 heterocycles. The third-order valence-corrected chi connectivity index (χ3v) is 2.52. The molecule has 0 fully saturated rings. The topological polar surface area (TPSA) is 121 Å². The minimum absolute atomic E-state index is 0.0809. The molecule has 0 aliphatic rings. The van der Waals surface area contributed by atoms with E-state index < -0.39 is 36.4 Å². The van der Waals surface area contributed by atoms with E-state index in [-0.39, 0.29) is 6.61 Å². The molecule has 108 valence electrons. The lowest BCUT2D eigenvalue weighted by Gasteiger charge is -2.20. The van der Waals surface area contributed by atoms with E-state index in [0.717, 1.165) is 0 Å². The summed E-state index contributed by atoms with van der Waals surface area (Å²) < 4.78 is 4.80. The first-order chi connectivity index (χ1) is 9.33. The number of carbonyl (C=O) groups is 3. The largest absolute Gasteiger partial charge is 0.481 e. The van der Waals surface area contributed by atoms with Gasteiger partial charge in [-0.15, -0.1) is 0 Å². The average Bonchev–Trinajstić information content (AvgIpc) is 2.36. The third kappa shape index (κ3) is 4.69. The molecule has 1 aromatic carbocycles. The maximum absolute atomic E-state index is 11.5. The number of carboxylic acids is 2. The van der Waals surface area contributed by atoms with Crippen molar-refractivity contribution in [1.82, 2.24) is 0 Å². The van der Waals surface area contributed by atoms with Crippen molar-refractivity contribution >= 4 is 17.9 Å². The number of carboxylic acid groups (broad SMARTS) is 2. The lowest BCUT2D eigenvalue weighted by Crippen LogP contribution is -2.43. The van der Waals surface area contributed by atoms with Crippen LogP contribution in [0, 0.1) is 0 Å². The van der Waals surface area contributed by atoms with E-state index >= 15 is 0 Å². The molecule has 0 aliphatic carbocycles. The molecule has 0 radical (unpaired) electrons. The molecule has 7 nitrogen and oxygen atoms in total. The SMILES string of the molecule is O=C(O)CC(O)(CC(=O)OCc1ccccc1)C(=O)O. The molecule has 0 aliphatic heterocycles. The van der Waals surface area contributed by atoms with E-state index in [0.29, 0.717) is 5.56 Å². The van der Waals surface area contributed by atoms with E-state index in [4.69, 9.17) is 14.9 Å². The van der Waals surface area contributed by atoms with Crippen LogP contribution >= 0.6 is 0 Å². The van der Waals surface area contributed by atoms with E-state index in [2.05, 4.69) is 0 Å². The first kappa shape index (κ1) is 15.6. The quantitative estimate of drug-likeness (QED) is 0.619. The number of benzene rings is 1. The summed E-state index contributed by atoms with van der Waals surface area (Å²) in [6, 6.07) is 8.66. The first-order valence-corrected chi connectivity index (χ1v) is 5.70. The van der Waals surface area contributed by atoms with Gasteiger partial charge in [0.1, 0.15) is 6.61 Å². The van der Waals surface area contributed by atoms with Crippen LogP contribution in [0.3, 0.4) is 0 Å². The minimum Gasteiger partial charge on any atom is -0.481 e. The van der Waals surface area contributed by atoms with Gasteiger partial charge >= 0.3 is 17.9 Å². The summed E-state index contributed by atoms with van der Waals surface area (Å²) in [5, 5.41) is 27.0. The van der Waals surface area contributed by atoms with Gasteiger partial charge in [0.15, 0.2) is 5.60 Å². The van der Waals surface area contributed by atoms with Gasteiger partial charge in [0.2, 0.25) is 0 Å². The highest BCUT2D eigenvalue weighted by atomic mass is 16.5. The molecule has 1 atom stereocenters. The Kier molecular flexibility index (Phi) is 5.22. The summed E-state index contributed by atoms with van der Waals surface area (Å²) in [7, 11) is 0. The second-order valence-electron chi connectivity index (χ2n) is 4.23. The zero-order valence-corrected chi connectivity index (χ0v) is 10.5. The molecule has 1 unspecified atom stereocenters. The van der Waals surface area contributed by atoms with Crippen molar-refractivity contribution in [2.75, 3.05) is 0 Å². The number of hydrogen-bond donors (Lipinski definition) is 3. The van der Waals surface area contributed by atoms with Gasteiger partial charge in [0.25, 0.3) is 0 Å². The number of esters is 1. The summed E-state index contributed by atoms with van der Waals surface area (Å²) in [5.41, 5.74) is -1.97. The first-order valence-electron chi connectivity index (χ1n) is 5.70. The fourth-order valence-corrected chi connectivity index (χ4v) is 1.49. The van der Waals surface area contributed by atoms with Gasteiger partial charge < -0.3 is 20.1 Å². The van der Waals surface area contributed by atoms with Gasteiger partial charge in [0, 0.05) is 0 Å². The lowest BCUT2D eigenvalue weighted by atomic mass is 9.96. The number of ether oxygens (including phenoxy) is 1. The zero-order valence-electron chi connectivity index (χ0n) is 10.5. The third-order valence-electron chi connectivity index (χ3n) is 2.52. The minimum atomic E-state index is -2.67. The molecular weight excluding hydrogens is 268 g/mol. The second kappa shape index (κ2) is 6.67. The molecule has 0 amide bonds. The van der Waals surface area contributed by atoms with E-state index in [1.54, 1.807) is 30.3 Å². The Hall–Kier alpha value is -2.41. The average molecular weight is 282 g/mol. The number of aliphatic carboxylic acids is 2. The van der Waals surface area contributed by atoms with Crippen molar-refractivity contribution in [2.24, 2.45) is 0 Å². The maximum atomic E-state index is 11.5. The van der Waals surface area contributed by atoms with Crippen LogP contribution in [-0.4, -0.2) is 38.8 Å². The molecule has 1 rings (SSSR count). The molecule has 3 N–H and O–H groups in total. The lowest BCUT2D eigenvalue weighted by molar-refractivity contribution is -0.172. The summed E-state index contributed by atoms with van der Waals surface area (Å²) in [6.45, 7) is -0.0809. The predicted molar refractivity (Wildman–Crippen MR) is 65.7 cm³/mol. The fourth-order valence-electron chi connectivity index (χ4n) is 1.49. The molecule has 7 heteroatoms. The summed E-state index contributed by atoms with van der Waals surface area (Å²) in [5.74, 6) is -4.29. The zero-order chi connectivity index (χ0) is 15.2. The number of aliphatic hydroxyl groups is 1. The van der Waals surface area contributed by atoms with Gasteiger partial charge in [-0.05, 0) is 5.56 Å². The maximum Gasteiger partial charge on any atom is 0.336 e. The van der Waals surface area contributed by atoms with Crippen molar-refractivity contribution in [1.29, 1.82) is 0 Å². The van der Waals surface area contributed by atoms with Gasteiger partial charge in [-0.1, -0.05) is 30.3 Å². The molecule has 0 aromatic heterocycles. The van der Waals surface area contributed by atoms with Crippen LogP contribution in [0.2, 0.25) is 0 Å². The summed E-state index contributed by atoms with van der Waals surface area (Å²) in [4.78, 5) is 32.8. The predicted octanol–water partition coefficient (Wildman–Crippen LogP) is 0.410. The van der Waals surface area contributed by atoms with Gasteiger partial charge in [0.05, 0.1) is 12.8 Å². The Morgan fingerprint density at radius 3 is 2.15 bits per heavy atom.